The summed E-state index contributed by atoms with van der Waals surface area (Å²) >= 11 is 6.49. The molecule has 0 saturated heterocycles. The van der Waals surface area contributed by atoms with Crippen molar-refractivity contribution in [2.24, 2.45) is 11.8 Å². The second-order valence-corrected chi connectivity index (χ2v) is 7.34. The molecule has 0 bridgehead atoms. The van der Waals surface area contributed by atoms with E-state index in [0.717, 1.165) is 24.0 Å². The van der Waals surface area contributed by atoms with Crippen LogP contribution in [0.1, 0.15) is 63.9 Å². The van der Waals surface area contributed by atoms with Gasteiger partial charge in [0, 0.05) is 17.5 Å². The van der Waals surface area contributed by atoms with Crippen LogP contribution in [-0.2, 0) is 0 Å². The largest absolute Gasteiger partial charge is 0.316 e. The first-order chi connectivity index (χ1) is 10.2. The second-order valence-electron chi connectivity index (χ2n) is 6.93. The van der Waals surface area contributed by atoms with Gasteiger partial charge in [0.05, 0.1) is 0 Å². The molecule has 1 aromatic rings. The highest BCUT2D eigenvalue weighted by Crippen LogP contribution is 2.37. The summed E-state index contributed by atoms with van der Waals surface area (Å²) in [6, 6.07) is 8.45. The van der Waals surface area contributed by atoms with Crippen LogP contribution in [0, 0.1) is 11.8 Å². The topological polar surface area (TPSA) is 12.0 Å². The molecule has 2 heteroatoms. The minimum absolute atomic E-state index is 0.565. The average molecular weight is 308 g/mol. The van der Waals surface area contributed by atoms with Gasteiger partial charge in [0.1, 0.15) is 0 Å². The molecule has 1 atom stereocenters. The zero-order valence-corrected chi connectivity index (χ0v) is 14.3. The maximum absolute atomic E-state index is 6.49. The van der Waals surface area contributed by atoms with Crippen molar-refractivity contribution in [1.82, 2.24) is 5.32 Å². The summed E-state index contributed by atoms with van der Waals surface area (Å²) in [5, 5.41) is 4.61. The maximum atomic E-state index is 6.49. The zero-order chi connectivity index (χ0) is 15.1. The van der Waals surface area contributed by atoms with E-state index in [4.69, 9.17) is 11.6 Å². The molecule has 1 nitrogen and oxygen atoms in total. The van der Waals surface area contributed by atoms with Gasteiger partial charge >= 0.3 is 0 Å². The van der Waals surface area contributed by atoms with E-state index in [2.05, 4.69) is 31.3 Å². The Morgan fingerprint density at radius 2 is 1.71 bits per heavy atom. The van der Waals surface area contributed by atoms with E-state index in [1.807, 2.05) is 12.1 Å². The van der Waals surface area contributed by atoms with Crippen molar-refractivity contribution in [3.8, 4) is 0 Å². The molecule has 0 amide bonds. The third-order valence-electron chi connectivity index (χ3n) is 4.69. The van der Waals surface area contributed by atoms with Gasteiger partial charge in [0.2, 0.25) is 0 Å². The van der Waals surface area contributed by atoms with E-state index in [9.17, 15) is 0 Å². The van der Waals surface area contributed by atoms with Crippen molar-refractivity contribution < 1.29 is 0 Å². The van der Waals surface area contributed by atoms with Gasteiger partial charge in [-0.2, -0.15) is 0 Å². The van der Waals surface area contributed by atoms with E-state index < -0.39 is 0 Å². The van der Waals surface area contributed by atoms with Gasteiger partial charge in [-0.1, -0.05) is 69.3 Å². The van der Waals surface area contributed by atoms with Gasteiger partial charge in [-0.15, -0.1) is 0 Å². The molecule has 1 fully saturated rings. The van der Waals surface area contributed by atoms with Crippen molar-refractivity contribution in [2.75, 3.05) is 13.1 Å². The Hall–Kier alpha value is -0.530. The molecule has 0 spiro atoms. The number of halogens is 1. The first-order valence-corrected chi connectivity index (χ1v) is 9.01. The number of hydrogen-bond donors (Lipinski definition) is 1. The predicted octanol–water partition coefficient (Wildman–Crippen LogP) is 5.64. The van der Waals surface area contributed by atoms with E-state index >= 15 is 0 Å². The van der Waals surface area contributed by atoms with Gasteiger partial charge in [-0.25, -0.2) is 0 Å². The first-order valence-electron chi connectivity index (χ1n) is 8.63. The monoisotopic (exact) mass is 307 g/mol. The third-order valence-corrected chi connectivity index (χ3v) is 5.03. The van der Waals surface area contributed by atoms with Gasteiger partial charge in [-0.3, -0.25) is 0 Å². The van der Waals surface area contributed by atoms with Crippen LogP contribution in [0.3, 0.4) is 0 Å². The molecule has 1 saturated carbocycles. The number of benzene rings is 1. The summed E-state index contributed by atoms with van der Waals surface area (Å²) < 4.78 is 0. The van der Waals surface area contributed by atoms with E-state index in [1.54, 1.807) is 0 Å². The smallest absolute Gasteiger partial charge is 0.0441 e. The Morgan fingerprint density at radius 1 is 1.05 bits per heavy atom. The molecule has 1 aliphatic rings. The second kappa shape index (κ2) is 8.80. The van der Waals surface area contributed by atoms with Gasteiger partial charge in [-0.05, 0) is 42.9 Å². The lowest BCUT2D eigenvalue weighted by molar-refractivity contribution is 0.355. The lowest BCUT2D eigenvalue weighted by Crippen LogP contribution is -2.29. The summed E-state index contributed by atoms with van der Waals surface area (Å²) in [6.07, 6.45) is 8.31. The number of hydrogen-bond acceptors (Lipinski definition) is 1. The van der Waals surface area contributed by atoms with Crippen LogP contribution < -0.4 is 5.32 Å². The summed E-state index contributed by atoms with van der Waals surface area (Å²) in [6.45, 7) is 6.69. The van der Waals surface area contributed by atoms with Crippen LogP contribution in [0.5, 0.6) is 0 Å². The van der Waals surface area contributed by atoms with Crippen LogP contribution in [0.15, 0.2) is 24.3 Å². The molecule has 118 valence electrons. The third kappa shape index (κ3) is 5.30. The molecular weight excluding hydrogens is 278 g/mol. The quantitative estimate of drug-likeness (QED) is 0.671. The van der Waals surface area contributed by atoms with E-state index in [1.165, 1.54) is 44.1 Å². The van der Waals surface area contributed by atoms with Crippen molar-refractivity contribution in [3.05, 3.63) is 34.9 Å². The molecule has 1 aromatic carbocycles. The highest BCUT2D eigenvalue weighted by molar-refractivity contribution is 6.31. The fourth-order valence-electron chi connectivity index (χ4n) is 3.55. The molecule has 0 aromatic heterocycles. The zero-order valence-electron chi connectivity index (χ0n) is 13.6. The summed E-state index contributed by atoms with van der Waals surface area (Å²) in [4.78, 5) is 0. The Labute approximate surface area is 135 Å². The molecule has 21 heavy (non-hydrogen) atoms. The van der Waals surface area contributed by atoms with Crippen molar-refractivity contribution in [1.29, 1.82) is 0 Å². The maximum Gasteiger partial charge on any atom is 0.0441 e. The van der Waals surface area contributed by atoms with Gasteiger partial charge in [0.25, 0.3) is 0 Å². The molecule has 1 N–H and O–H groups in total. The molecule has 1 unspecified atom stereocenters. The fraction of sp³-hybridized carbons (Fsp3) is 0.684. The highest BCUT2D eigenvalue weighted by atomic mass is 35.5. The van der Waals surface area contributed by atoms with Crippen molar-refractivity contribution in [2.45, 2.75) is 58.3 Å². The first kappa shape index (κ1) is 16.8. The Bertz CT molecular complexity index is 408. The molecule has 2 rings (SSSR count). The van der Waals surface area contributed by atoms with Gasteiger partial charge in [0.15, 0.2) is 0 Å². The summed E-state index contributed by atoms with van der Waals surface area (Å²) in [7, 11) is 0. The van der Waals surface area contributed by atoms with E-state index in [-0.39, 0.29) is 0 Å². The minimum atomic E-state index is 0.565. The van der Waals surface area contributed by atoms with Crippen molar-refractivity contribution in [3.63, 3.8) is 0 Å². The lowest BCUT2D eigenvalue weighted by Gasteiger charge is -2.28. The molecule has 1 aliphatic carbocycles. The minimum Gasteiger partial charge on any atom is -0.316 e. The Balaban J connectivity index is 2.11. The SMILES string of the molecule is CC(C)CNCC(c1ccccc1Cl)C1CCCCCC1. The number of rotatable bonds is 6. The summed E-state index contributed by atoms with van der Waals surface area (Å²) in [5.74, 6) is 2.05. The summed E-state index contributed by atoms with van der Waals surface area (Å²) in [5.41, 5.74) is 1.35. The fourth-order valence-corrected chi connectivity index (χ4v) is 3.82. The molecule has 0 aliphatic heterocycles. The van der Waals surface area contributed by atoms with Crippen LogP contribution >= 0.6 is 11.6 Å². The van der Waals surface area contributed by atoms with Crippen LogP contribution in [0.4, 0.5) is 0 Å². The normalized spacial score (nSPS) is 18.7. The average Bonchev–Trinajstić information content (AvgIpc) is 2.73. The standard InChI is InChI=1S/C19H30ClN/c1-15(2)13-21-14-18(16-9-5-3-4-6-10-16)17-11-7-8-12-19(17)20/h7-8,11-12,15-16,18,21H,3-6,9-10,13-14H2,1-2H3. The molecule has 0 radical (unpaired) electrons. The molecule has 0 heterocycles. The van der Waals surface area contributed by atoms with Crippen LogP contribution in [-0.4, -0.2) is 13.1 Å². The van der Waals surface area contributed by atoms with Gasteiger partial charge < -0.3 is 5.32 Å². The Morgan fingerprint density at radius 3 is 2.33 bits per heavy atom. The molecular formula is C19H30ClN. The van der Waals surface area contributed by atoms with E-state index in [0.29, 0.717) is 11.8 Å². The Kier molecular flexibility index (Phi) is 7.06. The highest BCUT2D eigenvalue weighted by Gasteiger charge is 2.25. The lowest BCUT2D eigenvalue weighted by atomic mass is 9.81. The van der Waals surface area contributed by atoms with Crippen LogP contribution in [0.2, 0.25) is 5.02 Å². The predicted molar refractivity (Wildman–Crippen MR) is 93.1 cm³/mol. The van der Waals surface area contributed by atoms with Crippen LogP contribution in [0.25, 0.3) is 0 Å². The number of nitrogens with one attached hydrogen (secondary N) is 1. The van der Waals surface area contributed by atoms with Crippen molar-refractivity contribution >= 4 is 11.6 Å².